The predicted octanol–water partition coefficient (Wildman–Crippen LogP) is 2.37. The van der Waals surface area contributed by atoms with Gasteiger partial charge in [-0.15, -0.1) is 0 Å². The number of hydrogen-bond acceptors (Lipinski definition) is 2. The molecule has 0 bridgehead atoms. The van der Waals surface area contributed by atoms with Gasteiger partial charge >= 0.3 is 0 Å². The van der Waals surface area contributed by atoms with Crippen molar-refractivity contribution in [2.75, 3.05) is 6.54 Å². The lowest BCUT2D eigenvalue weighted by molar-refractivity contribution is 0.401. The molecule has 0 aliphatic heterocycles. The van der Waals surface area contributed by atoms with Crippen LogP contribution in [-0.2, 0) is 0 Å². The molecule has 15 heavy (non-hydrogen) atoms. The highest BCUT2D eigenvalue weighted by Gasteiger charge is 2.20. The van der Waals surface area contributed by atoms with Gasteiger partial charge in [-0.2, -0.15) is 0 Å². The van der Waals surface area contributed by atoms with Crippen molar-refractivity contribution in [2.45, 2.75) is 19.8 Å². The second kappa shape index (κ2) is 4.57. The molecular formula is C11H15F2NO. The van der Waals surface area contributed by atoms with Crippen molar-refractivity contribution in [3.63, 3.8) is 0 Å². The fraction of sp³-hybridized carbons (Fsp3) is 0.455. The van der Waals surface area contributed by atoms with Gasteiger partial charge in [-0.05, 0) is 18.5 Å². The molecule has 4 heteroatoms. The maximum atomic E-state index is 13.1. The van der Waals surface area contributed by atoms with Crippen LogP contribution < -0.4 is 5.73 Å². The van der Waals surface area contributed by atoms with E-state index in [4.69, 9.17) is 5.73 Å². The van der Waals surface area contributed by atoms with Crippen molar-refractivity contribution in [1.82, 2.24) is 0 Å². The van der Waals surface area contributed by atoms with E-state index in [9.17, 15) is 13.9 Å². The first-order valence-electron chi connectivity index (χ1n) is 4.85. The summed E-state index contributed by atoms with van der Waals surface area (Å²) in [5, 5.41) is 9.48. The Kier molecular flexibility index (Phi) is 3.63. The van der Waals surface area contributed by atoms with Crippen molar-refractivity contribution < 1.29 is 13.9 Å². The number of nitrogens with two attached hydrogens (primary N) is 1. The molecule has 0 aliphatic rings. The Bertz CT molecular complexity index is 353. The molecule has 0 spiro atoms. The average molecular weight is 215 g/mol. The molecule has 0 saturated heterocycles. The third kappa shape index (κ3) is 2.45. The first-order valence-corrected chi connectivity index (χ1v) is 4.85. The maximum absolute atomic E-state index is 13.1. The van der Waals surface area contributed by atoms with Gasteiger partial charge in [0, 0.05) is 17.5 Å². The Labute approximate surface area is 87.7 Å². The largest absolute Gasteiger partial charge is 0.505 e. The number of hydrogen-bond donors (Lipinski definition) is 2. The molecule has 1 unspecified atom stereocenters. The van der Waals surface area contributed by atoms with Crippen LogP contribution in [0, 0.1) is 17.6 Å². The predicted molar refractivity (Wildman–Crippen MR) is 54.7 cm³/mol. The van der Waals surface area contributed by atoms with E-state index >= 15 is 0 Å². The summed E-state index contributed by atoms with van der Waals surface area (Å²) >= 11 is 0. The van der Waals surface area contributed by atoms with Crippen LogP contribution in [0.1, 0.15) is 25.3 Å². The molecular weight excluding hydrogens is 200 g/mol. The summed E-state index contributed by atoms with van der Waals surface area (Å²) in [5.41, 5.74) is 5.76. The highest BCUT2D eigenvalue weighted by molar-refractivity contribution is 5.37. The molecule has 1 atom stereocenters. The first kappa shape index (κ1) is 11.9. The summed E-state index contributed by atoms with van der Waals surface area (Å²) < 4.78 is 26.0. The maximum Gasteiger partial charge on any atom is 0.168 e. The zero-order valence-corrected chi connectivity index (χ0v) is 8.80. The number of benzene rings is 1. The molecule has 0 radical (unpaired) electrons. The SMILES string of the molecule is CC(C)C(CN)c1cc(F)cc(F)c1O. The van der Waals surface area contributed by atoms with Crippen molar-refractivity contribution >= 4 is 0 Å². The molecule has 0 amide bonds. The molecule has 0 aliphatic carbocycles. The number of phenols is 1. The Morgan fingerprint density at radius 1 is 1.33 bits per heavy atom. The van der Waals surface area contributed by atoms with Gasteiger partial charge in [-0.25, -0.2) is 8.78 Å². The molecule has 84 valence electrons. The molecule has 0 saturated carbocycles. The highest BCUT2D eigenvalue weighted by atomic mass is 19.1. The third-order valence-electron chi connectivity index (χ3n) is 2.52. The summed E-state index contributed by atoms with van der Waals surface area (Å²) in [6.07, 6.45) is 0. The van der Waals surface area contributed by atoms with Gasteiger partial charge in [0.2, 0.25) is 0 Å². The van der Waals surface area contributed by atoms with Gasteiger partial charge in [0.05, 0.1) is 0 Å². The molecule has 0 aromatic heterocycles. The third-order valence-corrected chi connectivity index (χ3v) is 2.52. The molecule has 2 nitrogen and oxygen atoms in total. The van der Waals surface area contributed by atoms with Gasteiger partial charge in [0.15, 0.2) is 11.6 Å². The standard InChI is InChI=1S/C11H15F2NO/c1-6(2)9(5-14)8-3-7(12)4-10(13)11(8)15/h3-4,6,9,15H,5,14H2,1-2H3. The highest BCUT2D eigenvalue weighted by Crippen LogP contribution is 2.33. The van der Waals surface area contributed by atoms with Crippen molar-refractivity contribution in [3.8, 4) is 5.75 Å². The minimum atomic E-state index is -0.941. The number of phenolic OH excluding ortho intramolecular Hbond substituents is 1. The summed E-state index contributed by atoms with van der Waals surface area (Å²) in [4.78, 5) is 0. The van der Waals surface area contributed by atoms with Crippen LogP contribution in [0.3, 0.4) is 0 Å². The van der Waals surface area contributed by atoms with Crippen LogP contribution in [-0.4, -0.2) is 11.7 Å². The lowest BCUT2D eigenvalue weighted by Crippen LogP contribution is -2.18. The van der Waals surface area contributed by atoms with Crippen LogP contribution in [0.5, 0.6) is 5.75 Å². The second-order valence-corrected chi connectivity index (χ2v) is 3.91. The van der Waals surface area contributed by atoms with Gasteiger partial charge in [-0.3, -0.25) is 0 Å². The van der Waals surface area contributed by atoms with Crippen LogP contribution in [0.2, 0.25) is 0 Å². The monoisotopic (exact) mass is 215 g/mol. The molecule has 0 fully saturated rings. The topological polar surface area (TPSA) is 46.2 Å². The van der Waals surface area contributed by atoms with E-state index < -0.39 is 17.4 Å². The van der Waals surface area contributed by atoms with E-state index in [0.717, 1.165) is 6.07 Å². The summed E-state index contributed by atoms with van der Waals surface area (Å²) in [7, 11) is 0. The van der Waals surface area contributed by atoms with E-state index in [1.807, 2.05) is 13.8 Å². The van der Waals surface area contributed by atoms with Crippen LogP contribution in [0.15, 0.2) is 12.1 Å². The van der Waals surface area contributed by atoms with E-state index in [1.54, 1.807) is 0 Å². The molecule has 1 aromatic rings. The number of aromatic hydroxyl groups is 1. The van der Waals surface area contributed by atoms with Gasteiger partial charge in [-0.1, -0.05) is 13.8 Å². The first-order chi connectivity index (χ1) is 6.97. The summed E-state index contributed by atoms with van der Waals surface area (Å²) in [5.74, 6) is -2.26. The van der Waals surface area contributed by atoms with Crippen LogP contribution in [0.25, 0.3) is 0 Å². The minimum Gasteiger partial charge on any atom is -0.505 e. The van der Waals surface area contributed by atoms with E-state index in [-0.39, 0.29) is 23.9 Å². The van der Waals surface area contributed by atoms with Crippen molar-refractivity contribution in [1.29, 1.82) is 0 Å². The normalized spacial score (nSPS) is 13.2. The Morgan fingerprint density at radius 2 is 1.93 bits per heavy atom. The Balaban J connectivity index is 3.22. The van der Waals surface area contributed by atoms with Crippen molar-refractivity contribution in [3.05, 3.63) is 29.3 Å². The molecule has 3 N–H and O–H groups in total. The molecule has 1 aromatic carbocycles. The van der Waals surface area contributed by atoms with Crippen LogP contribution >= 0.6 is 0 Å². The zero-order chi connectivity index (χ0) is 11.6. The van der Waals surface area contributed by atoms with Crippen LogP contribution in [0.4, 0.5) is 8.78 Å². The number of rotatable bonds is 3. The van der Waals surface area contributed by atoms with Crippen molar-refractivity contribution in [2.24, 2.45) is 11.7 Å². The smallest absolute Gasteiger partial charge is 0.168 e. The van der Waals surface area contributed by atoms with Gasteiger partial charge in [0.25, 0.3) is 0 Å². The van der Waals surface area contributed by atoms with E-state index in [2.05, 4.69) is 0 Å². The van der Waals surface area contributed by atoms with E-state index in [1.165, 1.54) is 0 Å². The lowest BCUT2D eigenvalue weighted by Gasteiger charge is -2.20. The quantitative estimate of drug-likeness (QED) is 0.813. The Hall–Kier alpha value is -1.16. The average Bonchev–Trinajstić information content (AvgIpc) is 2.13. The minimum absolute atomic E-state index is 0.113. The second-order valence-electron chi connectivity index (χ2n) is 3.91. The van der Waals surface area contributed by atoms with E-state index in [0.29, 0.717) is 6.07 Å². The fourth-order valence-electron chi connectivity index (χ4n) is 1.63. The Morgan fingerprint density at radius 3 is 2.40 bits per heavy atom. The summed E-state index contributed by atoms with van der Waals surface area (Å²) in [6.45, 7) is 4.02. The lowest BCUT2D eigenvalue weighted by atomic mass is 9.88. The fourth-order valence-corrected chi connectivity index (χ4v) is 1.63. The van der Waals surface area contributed by atoms with Gasteiger partial charge in [0.1, 0.15) is 5.82 Å². The zero-order valence-electron chi connectivity index (χ0n) is 8.80. The molecule has 0 heterocycles. The van der Waals surface area contributed by atoms with Gasteiger partial charge < -0.3 is 10.8 Å². The molecule has 1 rings (SSSR count). The summed E-state index contributed by atoms with van der Waals surface area (Å²) in [6, 6.07) is 1.79. The number of halogens is 2.